The third-order valence-electron chi connectivity index (χ3n) is 10.3. The third kappa shape index (κ3) is 3.87. The Labute approximate surface area is 287 Å². The molecule has 0 amide bonds. The zero-order chi connectivity index (χ0) is 32.8. The molecule has 3 aromatic heterocycles. The fourth-order valence-electron chi connectivity index (χ4n) is 8.05. The van der Waals surface area contributed by atoms with Crippen molar-refractivity contribution >= 4 is 65.2 Å². The number of benzene rings is 8. The molecule has 0 spiro atoms. The quantitative estimate of drug-likeness (QED) is 0.180. The van der Waals surface area contributed by atoms with Gasteiger partial charge in [0.2, 0.25) is 5.95 Å². The fraction of sp³-hybridized carbons (Fsp3) is 0. The van der Waals surface area contributed by atoms with Crippen LogP contribution in [0.5, 0.6) is 0 Å². The zero-order valence-electron chi connectivity index (χ0n) is 27.0. The highest BCUT2D eigenvalue weighted by Gasteiger charge is 2.23. The van der Waals surface area contributed by atoms with Crippen LogP contribution in [0.25, 0.3) is 99.2 Å². The van der Waals surface area contributed by atoms with Gasteiger partial charge >= 0.3 is 0 Å². The Hall–Kier alpha value is -6.78. The largest absolute Gasteiger partial charge is 0.316 e. The Kier molecular flexibility index (Phi) is 5.63. The molecule has 4 nitrogen and oxygen atoms in total. The highest BCUT2D eigenvalue weighted by Crippen LogP contribution is 2.44. The van der Waals surface area contributed by atoms with Crippen LogP contribution in [0.1, 0.15) is 0 Å². The smallest absolute Gasteiger partial charge is 0.235 e. The van der Waals surface area contributed by atoms with E-state index in [9.17, 15) is 0 Å². The normalized spacial score (nSPS) is 12.0. The average molecular weight is 637 g/mol. The Bertz CT molecular complexity index is 3080. The van der Waals surface area contributed by atoms with Crippen LogP contribution >= 0.6 is 0 Å². The number of fused-ring (bicyclic) bond motifs is 5. The molecule has 50 heavy (non-hydrogen) atoms. The van der Waals surface area contributed by atoms with E-state index in [0.717, 1.165) is 38.9 Å². The van der Waals surface area contributed by atoms with Gasteiger partial charge in [-0.15, -0.1) is 0 Å². The predicted molar refractivity (Wildman–Crippen MR) is 208 cm³/mol. The van der Waals surface area contributed by atoms with Crippen molar-refractivity contribution in [1.82, 2.24) is 19.1 Å². The van der Waals surface area contributed by atoms with E-state index < -0.39 is 0 Å². The highest BCUT2D eigenvalue weighted by molar-refractivity contribution is 6.34. The number of aromatic nitrogens is 4. The third-order valence-corrected chi connectivity index (χ3v) is 10.3. The maximum Gasteiger partial charge on any atom is 0.235 e. The summed E-state index contributed by atoms with van der Waals surface area (Å²) in [5.74, 6) is 0.670. The van der Waals surface area contributed by atoms with Crippen molar-refractivity contribution < 1.29 is 0 Å². The molecule has 0 unspecified atom stereocenters. The summed E-state index contributed by atoms with van der Waals surface area (Å²) in [5, 5.41) is 9.70. The van der Waals surface area contributed by atoms with E-state index in [1.165, 1.54) is 54.3 Å². The fourth-order valence-corrected chi connectivity index (χ4v) is 8.05. The Morgan fingerprint density at radius 1 is 0.420 bits per heavy atom. The summed E-state index contributed by atoms with van der Waals surface area (Å²) < 4.78 is 4.57. The van der Waals surface area contributed by atoms with Gasteiger partial charge in [0.1, 0.15) is 0 Å². The van der Waals surface area contributed by atoms with E-state index in [2.05, 4.69) is 179 Å². The van der Waals surface area contributed by atoms with Crippen LogP contribution in [0.4, 0.5) is 0 Å². The van der Waals surface area contributed by atoms with Gasteiger partial charge in [-0.25, -0.2) is 9.97 Å². The van der Waals surface area contributed by atoms with Crippen molar-refractivity contribution in [2.24, 2.45) is 0 Å². The van der Waals surface area contributed by atoms with Crippen molar-refractivity contribution in [3.63, 3.8) is 0 Å². The van der Waals surface area contributed by atoms with Crippen LogP contribution < -0.4 is 0 Å². The lowest BCUT2D eigenvalue weighted by Gasteiger charge is -2.12. The van der Waals surface area contributed by atoms with E-state index >= 15 is 0 Å². The molecule has 0 aliphatic heterocycles. The first kappa shape index (κ1) is 27.2. The lowest BCUT2D eigenvalue weighted by molar-refractivity contribution is 1.01. The van der Waals surface area contributed by atoms with E-state index in [1.807, 2.05) is 0 Å². The van der Waals surface area contributed by atoms with Gasteiger partial charge in [-0.1, -0.05) is 121 Å². The molecule has 3 heterocycles. The number of nitrogens with zero attached hydrogens (tertiary/aromatic N) is 4. The molecule has 0 aliphatic rings. The summed E-state index contributed by atoms with van der Waals surface area (Å²) in [6.07, 6.45) is 2.20. The summed E-state index contributed by atoms with van der Waals surface area (Å²) in [7, 11) is 0. The van der Waals surface area contributed by atoms with E-state index in [0.29, 0.717) is 5.95 Å². The summed E-state index contributed by atoms with van der Waals surface area (Å²) in [6, 6.07) is 58.4. The Balaban J connectivity index is 1.13. The van der Waals surface area contributed by atoms with Gasteiger partial charge in [0, 0.05) is 44.4 Å². The summed E-state index contributed by atoms with van der Waals surface area (Å²) >= 11 is 0. The van der Waals surface area contributed by atoms with E-state index in [1.54, 1.807) is 0 Å². The van der Waals surface area contributed by atoms with E-state index in [-0.39, 0.29) is 0 Å². The zero-order valence-corrected chi connectivity index (χ0v) is 27.0. The molecule has 8 aromatic carbocycles. The standard InChI is InChI=1S/C46H28N4/c1-2-12-34(13-3-1)49-27-26-36-35-15-8-18-40-42(35)43-38(45(36)49)16-9-19-41(43)50(40)46-47-39-17-7-6-14-37(39)44(48-46)31-23-20-30(21-24-31)33-25-22-29-10-4-5-11-32(29)28-33/h1-28H. The minimum Gasteiger partial charge on any atom is -0.316 e. The first-order valence-corrected chi connectivity index (χ1v) is 17.0. The van der Waals surface area contributed by atoms with E-state index in [4.69, 9.17) is 9.97 Å². The molecule has 11 aromatic rings. The summed E-state index contributed by atoms with van der Waals surface area (Å²) in [4.78, 5) is 10.6. The van der Waals surface area contributed by atoms with Crippen LogP contribution in [-0.4, -0.2) is 19.1 Å². The molecule has 0 radical (unpaired) electrons. The predicted octanol–water partition coefficient (Wildman–Crippen LogP) is 11.7. The van der Waals surface area contributed by atoms with Crippen LogP contribution in [0, 0.1) is 0 Å². The maximum absolute atomic E-state index is 5.39. The number of para-hydroxylation sites is 2. The first-order valence-electron chi connectivity index (χ1n) is 17.0. The van der Waals surface area contributed by atoms with Gasteiger partial charge in [0.15, 0.2) is 0 Å². The second kappa shape index (κ2) is 10.4. The minimum absolute atomic E-state index is 0.670. The van der Waals surface area contributed by atoms with Crippen molar-refractivity contribution in [1.29, 1.82) is 0 Å². The Morgan fingerprint density at radius 2 is 1.08 bits per heavy atom. The first-order chi connectivity index (χ1) is 24.8. The molecule has 0 N–H and O–H groups in total. The molecule has 232 valence electrons. The molecule has 0 fully saturated rings. The van der Waals surface area contributed by atoms with Gasteiger partial charge < -0.3 is 4.57 Å². The second-order valence-electron chi connectivity index (χ2n) is 13.0. The molecular weight excluding hydrogens is 609 g/mol. The molecular formula is C46H28N4. The van der Waals surface area contributed by atoms with Crippen LogP contribution in [0.2, 0.25) is 0 Å². The van der Waals surface area contributed by atoms with Crippen LogP contribution in [0.15, 0.2) is 170 Å². The number of rotatable bonds is 4. The monoisotopic (exact) mass is 636 g/mol. The molecule has 0 bridgehead atoms. The molecule has 0 saturated carbocycles. The lowest BCUT2D eigenvalue weighted by atomic mass is 9.98. The van der Waals surface area contributed by atoms with Gasteiger partial charge in [0.25, 0.3) is 0 Å². The van der Waals surface area contributed by atoms with Crippen molar-refractivity contribution in [2.75, 3.05) is 0 Å². The molecule has 0 saturated heterocycles. The second-order valence-corrected chi connectivity index (χ2v) is 13.0. The molecule has 0 aliphatic carbocycles. The average Bonchev–Trinajstić information content (AvgIpc) is 3.79. The van der Waals surface area contributed by atoms with Crippen molar-refractivity contribution in [3.8, 4) is 34.0 Å². The van der Waals surface area contributed by atoms with Gasteiger partial charge in [-0.2, -0.15) is 0 Å². The lowest BCUT2D eigenvalue weighted by Crippen LogP contribution is -2.03. The van der Waals surface area contributed by atoms with Crippen LogP contribution in [0.3, 0.4) is 0 Å². The highest BCUT2D eigenvalue weighted by atomic mass is 15.2. The van der Waals surface area contributed by atoms with Gasteiger partial charge in [-0.05, 0) is 69.8 Å². The van der Waals surface area contributed by atoms with Crippen LogP contribution in [-0.2, 0) is 0 Å². The van der Waals surface area contributed by atoms with Gasteiger partial charge in [-0.3, -0.25) is 4.57 Å². The summed E-state index contributed by atoms with van der Waals surface area (Å²) in [5.41, 5.74) is 9.85. The van der Waals surface area contributed by atoms with Crippen molar-refractivity contribution in [3.05, 3.63) is 170 Å². The molecule has 4 heteroatoms. The SMILES string of the molecule is c1ccc(-n2ccc3c4cccc5c4c4c(cccc4n5-c4nc(-c5ccc(-c6ccc7ccccc7c6)cc5)c5ccccc5n4)c32)cc1. The number of hydrogen-bond acceptors (Lipinski definition) is 2. The van der Waals surface area contributed by atoms with Gasteiger partial charge in [0.05, 0.1) is 27.8 Å². The number of hydrogen-bond donors (Lipinski definition) is 0. The topological polar surface area (TPSA) is 35.6 Å². The summed E-state index contributed by atoms with van der Waals surface area (Å²) in [6.45, 7) is 0. The minimum atomic E-state index is 0.670. The Morgan fingerprint density at radius 3 is 1.92 bits per heavy atom. The molecule has 11 rings (SSSR count). The van der Waals surface area contributed by atoms with Crippen molar-refractivity contribution in [2.45, 2.75) is 0 Å². The molecule has 0 atom stereocenters. The maximum atomic E-state index is 5.39.